The highest BCUT2D eigenvalue weighted by Gasteiger charge is 2.62. The molecule has 0 aliphatic carbocycles. The van der Waals surface area contributed by atoms with Crippen LogP contribution in [0, 0.1) is 11.8 Å². The monoisotopic (exact) mass is 308 g/mol. The topological polar surface area (TPSA) is 61.8 Å². The van der Waals surface area contributed by atoms with Crippen LogP contribution in [-0.2, 0) is 23.8 Å². The van der Waals surface area contributed by atoms with E-state index in [4.69, 9.17) is 14.2 Å². The molecule has 5 heteroatoms. The fourth-order valence-electron chi connectivity index (χ4n) is 3.40. The molecule has 22 heavy (non-hydrogen) atoms. The number of esters is 2. The molecule has 1 saturated heterocycles. The van der Waals surface area contributed by atoms with E-state index in [9.17, 15) is 9.59 Å². The number of hydrogen-bond donors (Lipinski definition) is 0. The molecular formula is C17H24O5. The van der Waals surface area contributed by atoms with E-state index in [-0.39, 0.29) is 0 Å². The summed E-state index contributed by atoms with van der Waals surface area (Å²) in [6, 6.07) is 0. The minimum atomic E-state index is -0.744. The van der Waals surface area contributed by atoms with Crippen molar-refractivity contribution in [1.29, 1.82) is 0 Å². The molecule has 0 aromatic carbocycles. The van der Waals surface area contributed by atoms with Crippen LogP contribution < -0.4 is 0 Å². The van der Waals surface area contributed by atoms with Crippen LogP contribution in [0.25, 0.3) is 0 Å². The van der Waals surface area contributed by atoms with Crippen molar-refractivity contribution in [2.24, 2.45) is 11.8 Å². The predicted molar refractivity (Wildman–Crippen MR) is 81.0 cm³/mol. The third-order valence-corrected chi connectivity index (χ3v) is 4.42. The zero-order valence-electron chi connectivity index (χ0n) is 13.6. The normalized spacial score (nSPS) is 31.9. The zero-order chi connectivity index (χ0) is 16.3. The van der Waals surface area contributed by atoms with Crippen LogP contribution >= 0.6 is 0 Å². The van der Waals surface area contributed by atoms with Crippen molar-refractivity contribution >= 4 is 11.9 Å². The third kappa shape index (κ3) is 2.95. The van der Waals surface area contributed by atoms with Crippen molar-refractivity contribution in [1.82, 2.24) is 0 Å². The largest absolute Gasteiger partial charge is 0.469 e. The van der Waals surface area contributed by atoms with Gasteiger partial charge in [0.05, 0.1) is 20.3 Å². The second kappa shape index (κ2) is 6.65. The summed E-state index contributed by atoms with van der Waals surface area (Å²) < 4.78 is 15.8. The Morgan fingerprint density at radius 2 is 1.91 bits per heavy atom. The fraction of sp³-hybridized carbons (Fsp3) is 0.647. The molecule has 0 aromatic rings. The molecular weight excluding hydrogens is 284 g/mol. The van der Waals surface area contributed by atoms with Gasteiger partial charge in [0.2, 0.25) is 0 Å². The van der Waals surface area contributed by atoms with E-state index >= 15 is 0 Å². The van der Waals surface area contributed by atoms with Crippen molar-refractivity contribution in [3.63, 3.8) is 0 Å². The summed E-state index contributed by atoms with van der Waals surface area (Å²) in [4.78, 5) is 24.3. The van der Waals surface area contributed by atoms with Gasteiger partial charge in [-0.2, -0.15) is 0 Å². The van der Waals surface area contributed by atoms with Gasteiger partial charge in [0, 0.05) is 0 Å². The van der Waals surface area contributed by atoms with Gasteiger partial charge in [-0.1, -0.05) is 23.8 Å². The Kier molecular flexibility index (Phi) is 5.06. The number of unbranched alkanes of at least 4 members (excludes halogenated alkanes) is 1. The van der Waals surface area contributed by atoms with Gasteiger partial charge in [0.15, 0.2) is 0 Å². The number of hydrogen-bond acceptors (Lipinski definition) is 5. The molecule has 0 unspecified atom stereocenters. The summed E-state index contributed by atoms with van der Waals surface area (Å²) in [6.07, 6.45) is 8.01. The number of rotatable bonds is 6. The molecule has 0 amide bonds. The summed E-state index contributed by atoms with van der Waals surface area (Å²) >= 11 is 0. The SMILES string of the molecule is COC(=O)[C@H]1[C@H]2C=C[C@](CCCC=C(C)C)(O2)[C@H]1C(=O)OC. The van der Waals surface area contributed by atoms with Gasteiger partial charge in [0.25, 0.3) is 0 Å². The smallest absolute Gasteiger partial charge is 0.312 e. The maximum absolute atomic E-state index is 12.2. The molecule has 0 N–H and O–H groups in total. The fourth-order valence-corrected chi connectivity index (χ4v) is 3.40. The number of allylic oxidation sites excluding steroid dienone is 2. The molecule has 0 radical (unpaired) electrons. The van der Waals surface area contributed by atoms with Crippen LogP contribution in [0.1, 0.15) is 33.1 Å². The van der Waals surface area contributed by atoms with E-state index in [1.165, 1.54) is 19.8 Å². The van der Waals surface area contributed by atoms with Crippen LogP contribution in [0.4, 0.5) is 0 Å². The summed E-state index contributed by atoms with van der Waals surface area (Å²) in [5.41, 5.74) is 0.521. The zero-order valence-corrected chi connectivity index (χ0v) is 13.6. The van der Waals surface area contributed by atoms with Gasteiger partial charge in [0.1, 0.15) is 17.4 Å². The lowest BCUT2D eigenvalue weighted by atomic mass is 9.73. The molecule has 2 heterocycles. The molecule has 2 aliphatic heterocycles. The van der Waals surface area contributed by atoms with Gasteiger partial charge in [-0.25, -0.2) is 0 Å². The van der Waals surface area contributed by atoms with Crippen molar-refractivity contribution in [3.05, 3.63) is 23.8 Å². The molecule has 1 fully saturated rings. The first-order valence-corrected chi connectivity index (χ1v) is 7.61. The average molecular weight is 308 g/mol. The standard InChI is InChI=1S/C17H24O5/c1-11(2)7-5-6-9-17-10-8-12(22-17)13(15(18)20-3)14(17)16(19)21-4/h7-8,10,12-14H,5-6,9H2,1-4H3/t12-,13+,14-,17+/m1/s1. The Morgan fingerprint density at radius 3 is 2.50 bits per heavy atom. The van der Waals surface area contributed by atoms with E-state index in [0.717, 1.165) is 12.8 Å². The second-order valence-electron chi connectivity index (χ2n) is 6.12. The average Bonchev–Trinajstić information content (AvgIpc) is 3.06. The van der Waals surface area contributed by atoms with Crippen molar-refractivity contribution in [3.8, 4) is 0 Å². The predicted octanol–water partition coefficient (Wildman–Crippen LogP) is 2.41. The first kappa shape index (κ1) is 16.7. The number of methoxy groups -OCH3 is 2. The quantitative estimate of drug-likeness (QED) is 0.428. The highest BCUT2D eigenvalue weighted by Crippen LogP contribution is 2.50. The Balaban J connectivity index is 2.18. The molecule has 2 bridgehead atoms. The van der Waals surface area contributed by atoms with Crippen LogP contribution in [-0.4, -0.2) is 37.9 Å². The van der Waals surface area contributed by atoms with Crippen LogP contribution in [0.15, 0.2) is 23.8 Å². The Labute approximate surface area is 131 Å². The first-order chi connectivity index (χ1) is 10.4. The Morgan fingerprint density at radius 1 is 1.23 bits per heavy atom. The number of ether oxygens (including phenoxy) is 3. The minimum absolute atomic E-state index is 0.403. The maximum atomic E-state index is 12.2. The van der Waals surface area contributed by atoms with E-state index in [2.05, 4.69) is 19.9 Å². The molecule has 122 valence electrons. The Bertz CT molecular complexity index is 503. The van der Waals surface area contributed by atoms with E-state index in [1.54, 1.807) is 0 Å². The van der Waals surface area contributed by atoms with Crippen molar-refractivity contribution in [2.45, 2.75) is 44.8 Å². The van der Waals surface area contributed by atoms with Crippen molar-refractivity contribution < 1.29 is 23.8 Å². The molecule has 0 spiro atoms. The van der Waals surface area contributed by atoms with Gasteiger partial charge in [-0.05, 0) is 33.1 Å². The first-order valence-electron chi connectivity index (χ1n) is 7.61. The maximum Gasteiger partial charge on any atom is 0.312 e. The molecule has 0 aromatic heterocycles. The van der Waals surface area contributed by atoms with Crippen molar-refractivity contribution in [2.75, 3.05) is 14.2 Å². The third-order valence-electron chi connectivity index (χ3n) is 4.42. The summed E-state index contributed by atoms with van der Waals surface area (Å²) in [6.45, 7) is 4.11. The number of fused-ring (bicyclic) bond motifs is 2. The molecule has 5 nitrogen and oxygen atoms in total. The molecule has 4 atom stereocenters. The summed E-state index contributed by atoms with van der Waals surface area (Å²) in [5.74, 6) is -2.09. The van der Waals surface area contributed by atoms with E-state index in [0.29, 0.717) is 6.42 Å². The lowest BCUT2D eigenvalue weighted by Gasteiger charge is -2.30. The summed E-state index contributed by atoms with van der Waals surface area (Å²) in [5, 5.41) is 0. The Hall–Kier alpha value is -1.62. The highest BCUT2D eigenvalue weighted by atomic mass is 16.6. The van der Waals surface area contributed by atoms with E-state index < -0.39 is 35.5 Å². The molecule has 2 aliphatic rings. The molecule has 2 rings (SSSR count). The van der Waals surface area contributed by atoms with Gasteiger partial charge >= 0.3 is 11.9 Å². The van der Waals surface area contributed by atoms with Crippen LogP contribution in [0.5, 0.6) is 0 Å². The van der Waals surface area contributed by atoms with Gasteiger partial charge in [-0.15, -0.1) is 0 Å². The molecule has 0 saturated carbocycles. The number of carbonyl (C=O) groups excluding carboxylic acids is 2. The lowest BCUT2D eigenvalue weighted by Crippen LogP contribution is -2.44. The van der Waals surface area contributed by atoms with E-state index in [1.807, 2.05) is 12.2 Å². The minimum Gasteiger partial charge on any atom is -0.469 e. The van der Waals surface area contributed by atoms with Gasteiger partial charge < -0.3 is 14.2 Å². The van der Waals surface area contributed by atoms with Crippen LogP contribution in [0.3, 0.4) is 0 Å². The highest BCUT2D eigenvalue weighted by molar-refractivity contribution is 5.85. The van der Waals surface area contributed by atoms with Gasteiger partial charge in [-0.3, -0.25) is 9.59 Å². The summed E-state index contributed by atoms with van der Waals surface area (Å²) in [7, 11) is 2.66. The van der Waals surface area contributed by atoms with Crippen LogP contribution in [0.2, 0.25) is 0 Å². The second-order valence-corrected chi connectivity index (χ2v) is 6.12. The number of carbonyl (C=O) groups is 2. The lowest BCUT2D eigenvalue weighted by molar-refractivity contribution is -0.158.